The predicted molar refractivity (Wildman–Crippen MR) is 74.9 cm³/mol. The number of fused-ring (bicyclic) bond motifs is 1. The van der Waals surface area contributed by atoms with Crippen molar-refractivity contribution in [2.45, 2.75) is 33.2 Å². The van der Waals surface area contributed by atoms with Crippen LogP contribution in [0, 0.1) is 5.92 Å². The van der Waals surface area contributed by atoms with Crippen LogP contribution in [-0.2, 0) is 11.2 Å². The average Bonchev–Trinajstić information content (AvgIpc) is 2.85. The Morgan fingerprint density at radius 3 is 2.71 bits per heavy atom. The summed E-state index contributed by atoms with van der Waals surface area (Å²) < 4.78 is 5.05. The van der Waals surface area contributed by atoms with E-state index in [1.54, 1.807) is 19.9 Å². The van der Waals surface area contributed by atoms with Gasteiger partial charge in [-0.05, 0) is 18.4 Å². The quantitative estimate of drug-likeness (QED) is 0.867. The number of hydrogen-bond donors (Lipinski definition) is 2. The normalized spacial score (nSPS) is 12.6. The maximum Gasteiger partial charge on any atom is 0.326 e. The molecule has 0 radical (unpaired) electrons. The van der Waals surface area contributed by atoms with Gasteiger partial charge in [-0.1, -0.05) is 25.9 Å². The third-order valence-electron chi connectivity index (χ3n) is 3.22. The van der Waals surface area contributed by atoms with Crippen molar-refractivity contribution in [3.05, 3.63) is 23.5 Å². The third-order valence-corrected chi connectivity index (χ3v) is 3.22. The Labute approximate surface area is 121 Å². The topological polar surface area (TPSA) is 105 Å². The van der Waals surface area contributed by atoms with Gasteiger partial charge in [0.2, 0.25) is 0 Å². The van der Waals surface area contributed by atoms with E-state index in [1.165, 1.54) is 6.20 Å². The number of hydrogen-bond acceptors (Lipinski definition) is 5. The molecule has 7 nitrogen and oxygen atoms in total. The van der Waals surface area contributed by atoms with Crippen LogP contribution in [0.15, 0.2) is 16.8 Å². The van der Waals surface area contributed by atoms with Crippen LogP contribution in [0.25, 0.3) is 11.1 Å². The molecule has 0 saturated heterocycles. The van der Waals surface area contributed by atoms with Crippen molar-refractivity contribution in [3.8, 4) is 0 Å². The third kappa shape index (κ3) is 3.01. The van der Waals surface area contributed by atoms with Crippen LogP contribution in [0.5, 0.6) is 0 Å². The molecule has 0 aliphatic carbocycles. The fourth-order valence-electron chi connectivity index (χ4n) is 2.00. The molecule has 2 aromatic heterocycles. The zero-order valence-corrected chi connectivity index (χ0v) is 12.1. The second-order valence-electron chi connectivity index (χ2n) is 5.09. The Bertz CT molecular complexity index is 678. The van der Waals surface area contributed by atoms with Crippen molar-refractivity contribution in [1.82, 2.24) is 15.5 Å². The monoisotopic (exact) mass is 291 g/mol. The maximum absolute atomic E-state index is 12.2. The number of nitrogens with zero attached hydrogens (tertiary/aromatic N) is 2. The van der Waals surface area contributed by atoms with Crippen molar-refractivity contribution in [2.75, 3.05) is 0 Å². The number of carbonyl (C=O) groups is 2. The van der Waals surface area contributed by atoms with Gasteiger partial charge in [-0.15, -0.1) is 0 Å². The number of aromatic nitrogens is 2. The first-order valence-electron chi connectivity index (χ1n) is 6.72. The molecule has 0 aliphatic rings. The first kappa shape index (κ1) is 15.0. The van der Waals surface area contributed by atoms with Crippen LogP contribution >= 0.6 is 0 Å². The molecule has 0 unspecified atom stereocenters. The summed E-state index contributed by atoms with van der Waals surface area (Å²) in [5.41, 5.74) is 1.36. The number of rotatable bonds is 5. The number of nitrogens with one attached hydrogen (secondary N) is 1. The lowest BCUT2D eigenvalue weighted by Crippen LogP contribution is -2.44. The Balaban J connectivity index is 2.28. The summed E-state index contributed by atoms with van der Waals surface area (Å²) in [5.74, 6) is -1.76. The smallest absolute Gasteiger partial charge is 0.326 e. The number of carboxylic acid groups (broad SMARTS) is 1. The van der Waals surface area contributed by atoms with E-state index in [2.05, 4.69) is 15.5 Å². The highest BCUT2D eigenvalue weighted by molar-refractivity contribution is 5.98. The number of aryl methyl sites for hydroxylation is 1. The van der Waals surface area contributed by atoms with E-state index in [0.29, 0.717) is 23.2 Å². The van der Waals surface area contributed by atoms with Crippen LogP contribution in [-0.4, -0.2) is 33.2 Å². The summed E-state index contributed by atoms with van der Waals surface area (Å²) in [6.45, 7) is 5.38. The molecule has 0 bridgehead atoms. The van der Waals surface area contributed by atoms with Gasteiger partial charge in [-0.2, -0.15) is 0 Å². The van der Waals surface area contributed by atoms with Crippen molar-refractivity contribution in [1.29, 1.82) is 0 Å². The lowest BCUT2D eigenvalue weighted by atomic mass is 10.0. The Hall–Kier alpha value is -2.44. The van der Waals surface area contributed by atoms with Gasteiger partial charge in [0.15, 0.2) is 0 Å². The lowest BCUT2D eigenvalue weighted by molar-refractivity contribution is -0.140. The molecule has 1 amide bonds. The predicted octanol–water partition coefficient (Wildman–Crippen LogP) is 1.62. The average molecular weight is 291 g/mol. The van der Waals surface area contributed by atoms with Crippen molar-refractivity contribution in [2.24, 2.45) is 5.92 Å². The molecule has 0 fully saturated rings. The highest BCUT2D eigenvalue weighted by Gasteiger charge is 2.24. The maximum atomic E-state index is 12.2. The summed E-state index contributed by atoms with van der Waals surface area (Å²) in [6.07, 6.45) is 2.00. The number of amides is 1. The molecule has 2 heterocycles. The van der Waals surface area contributed by atoms with Gasteiger partial charge in [0.1, 0.15) is 6.04 Å². The fraction of sp³-hybridized carbons (Fsp3) is 0.429. The minimum absolute atomic E-state index is 0.218. The number of aliphatic carboxylic acids is 1. The molecular weight excluding hydrogens is 274 g/mol. The van der Waals surface area contributed by atoms with Gasteiger partial charge in [0.25, 0.3) is 11.6 Å². The van der Waals surface area contributed by atoms with E-state index < -0.39 is 17.9 Å². The standard InChI is InChI=1S/C14H17N3O4/c1-4-10-9-5-8(6-15-13(9)21-17-10)12(18)16-11(7(2)3)14(19)20/h5-7,11H,4H2,1-3H3,(H,16,18)(H,19,20)/t11-/m0/s1. The SMILES string of the molecule is CCc1noc2ncc(C(=O)N[C@H](C(=O)O)C(C)C)cc12. The highest BCUT2D eigenvalue weighted by atomic mass is 16.5. The minimum atomic E-state index is -1.06. The van der Waals surface area contributed by atoms with Gasteiger partial charge in [0, 0.05) is 6.20 Å². The van der Waals surface area contributed by atoms with Gasteiger partial charge in [0.05, 0.1) is 16.6 Å². The lowest BCUT2D eigenvalue weighted by Gasteiger charge is -2.17. The number of pyridine rings is 1. The van der Waals surface area contributed by atoms with E-state index in [-0.39, 0.29) is 11.5 Å². The summed E-state index contributed by atoms with van der Waals surface area (Å²) in [5, 5.41) is 16.1. The Kier molecular flexibility index (Phi) is 4.21. The number of carbonyl (C=O) groups excluding carboxylic acids is 1. The molecule has 7 heteroatoms. The van der Waals surface area contributed by atoms with Crippen LogP contribution in [0.1, 0.15) is 36.8 Å². The molecule has 1 atom stereocenters. The zero-order valence-electron chi connectivity index (χ0n) is 12.1. The van der Waals surface area contributed by atoms with E-state index in [1.807, 2.05) is 6.92 Å². The first-order valence-corrected chi connectivity index (χ1v) is 6.72. The van der Waals surface area contributed by atoms with Crippen LogP contribution < -0.4 is 5.32 Å². The van der Waals surface area contributed by atoms with Crippen molar-refractivity contribution >= 4 is 23.0 Å². The fourth-order valence-corrected chi connectivity index (χ4v) is 2.00. The van der Waals surface area contributed by atoms with Crippen LogP contribution in [0.4, 0.5) is 0 Å². The summed E-state index contributed by atoms with van der Waals surface area (Å²) >= 11 is 0. The van der Waals surface area contributed by atoms with Crippen LogP contribution in [0.3, 0.4) is 0 Å². The minimum Gasteiger partial charge on any atom is -0.480 e. The zero-order chi connectivity index (χ0) is 15.6. The first-order chi connectivity index (χ1) is 9.93. The van der Waals surface area contributed by atoms with Crippen LogP contribution in [0.2, 0.25) is 0 Å². The molecular formula is C14H17N3O4. The molecule has 0 saturated carbocycles. The largest absolute Gasteiger partial charge is 0.480 e. The molecule has 2 rings (SSSR count). The molecule has 112 valence electrons. The molecule has 0 aromatic carbocycles. The van der Waals surface area contributed by atoms with E-state index >= 15 is 0 Å². The molecule has 0 spiro atoms. The van der Waals surface area contributed by atoms with E-state index in [0.717, 1.165) is 0 Å². The summed E-state index contributed by atoms with van der Waals surface area (Å²) in [6, 6.07) is 0.674. The molecule has 0 aliphatic heterocycles. The van der Waals surface area contributed by atoms with Gasteiger partial charge in [-0.3, -0.25) is 4.79 Å². The summed E-state index contributed by atoms with van der Waals surface area (Å²) in [7, 11) is 0. The van der Waals surface area contributed by atoms with Crippen molar-refractivity contribution < 1.29 is 19.2 Å². The highest BCUT2D eigenvalue weighted by Crippen LogP contribution is 2.18. The molecule has 2 aromatic rings. The van der Waals surface area contributed by atoms with Gasteiger partial charge < -0.3 is 14.9 Å². The Morgan fingerprint density at radius 2 is 2.14 bits per heavy atom. The van der Waals surface area contributed by atoms with E-state index in [4.69, 9.17) is 9.63 Å². The number of carboxylic acids is 1. The van der Waals surface area contributed by atoms with E-state index in [9.17, 15) is 9.59 Å². The summed E-state index contributed by atoms with van der Waals surface area (Å²) in [4.78, 5) is 27.3. The van der Waals surface area contributed by atoms with Gasteiger partial charge >= 0.3 is 5.97 Å². The Morgan fingerprint density at radius 1 is 1.43 bits per heavy atom. The van der Waals surface area contributed by atoms with Gasteiger partial charge in [-0.25, -0.2) is 9.78 Å². The molecule has 21 heavy (non-hydrogen) atoms. The molecule has 2 N–H and O–H groups in total. The second-order valence-corrected chi connectivity index (χ2v) is 5.09. The second kappa shape index (κ2) is 5.90. The van der Waals surface area contributed by atoms with Crippen molar-refractivity contribution in [3.63, 3.8) is 0 Å².